The molecule has 122 valence electrons. The average molecular weight is 332 g/mol. The van der Waals surface area contributed by atoms with Gasteiger partial charge in [-0.2, -0.15) is 0 Å². The SMILES string of the molecule is CN1CCN(C(=O)c2ccc(N)cc2)C(c2ccccc2)C1.Cl. The number of rotatable bonds is 2. The van der Waals surface area contributed by atoms with E-state index in [1.807, 2.05) is 23.1 Å². The molecule has 0 radical (unpaired) electrons. The second-order valence-electron chi connectivity index (χ2n) is 5.81. The van der Waals surface area contributed by atoms with Gasteiger partial charge in [0.2, 0.25) is 0 Å². The molecule has 5 heteroatoms. The number of nitrogens with two attached hydrogens (primary N) is 1. The van der Waals surface area contributed by atoms with Gasteiger partial charge in [-0.3, -0.25) is 4.79 Å². The van der Waals surface area contributed by atoms with Gasteiger partial charge >= 0.3 is 0 Å². The second-order valence-corrected chi connectivity index (χ2v) is 5.81. The van der Waals surface area contributed by atoms with E-state index in [0.29, 0.717) is 11.3 Å². The minimum absolute atomic E-state index is 0. The number of hydrogen-bond acceptors (Lipinski definition) is 3. The van der Waals surface area contributed by atoms with Gasteiger partial charge in [0.1, 0.15) is 0 Å². The third-order valence-corrected chi connectivity index (χ3v) is 4.19. The van der Waals surface area contributed by atoms with Crippen LogP contribution in [0.1, 0.15) is 22.0 Å². The fourth-order valence-electron chi connectivity index (χ4n) is 2.91. The first-order valence-electron chi connectivity index (χ1n) is 7.55. The molecule has 0 saturated carbocycles. The molecular formula is C18H22ClN3O. The summed E-state index contributed by atoms with van der Waals surface area (Å²) >= 11 is 0. The fraction of sp³-hybridized carbons (Fsp3) is 0.278. The van der Waals surface area contributed by atoms with E-state index in [-0.39, 0.29) is 24.4 Å². The van der Waals surface area contributed by atoms with Crippen LogP contribution in [0.3, 0.4) is 0 Å². The molecule has 4 nitrogen and oxygen atoms in total. The van der Waals surface area contributed by atoms with E-state index in [0.717, 1.165) is 19.6 Å². The van der Waals surface area contributed by atoms with Gasteiger partial charge in [0.05, 0.1) is 6.04 Å². The first-order chi connectivity index (χ1) is 10.6. The van der Waals surface area contributed by atoms with Gasteiger partial charge in [-0.05, 0) is 36.9 Å². The highest BCUT2D eigenvalue weighted by molar-refractivity contribution is 5.95. The molecular weight excluding hydrogens is 310 g/mol. The molecule has 0 bridgehead atoms. The number of nitrogen functional groups attached to an aromatic ring is 1. The predicted octanol–water partition coefficient (Wildman–Crippen LogP) is 2.82. The molecule has 1 aliphatic rings. The molecule has 2 aromatic carbocycles. The Kier molecular flexibility index (Phi) is 5.64. The number of amides is 1. The molecule has 1 heterocycles. The van der Waals surface area contributed by atoms with Crippen molar-refractivity contribution in [3.8, 4) is 0 Å². The van der Waals surface area contributed by atoms with Crippen LogP contribution >= 0.6 is 12.4 Å². The number of carbonyl (C=O) groups excluding carboxylic acids is 1. The highest BCUT2D eigenvalue weighted by Crippen LogP contribution is 2.26. The van der Waals surface area contributed by atoms with Crippen molar-refractivity contribution in [2.24, 2.45) is 0 Å². The third-order valence-electron chi connectivity index (χ3n) is 4.19. The van der Waals surface area contributed by atoms with Crippen LogP contribution in [0.15, 0.2) is 54.6 Å². The number of nitrogens with zero attached hydrogens (tertiary/aromatic N) is 2. The summed E-state index contributed by atoms with van der Waals surface area (Å²) in [6.45, 7) is 2.48. The Hall–Kier alpha value is -2.04. The van der Waals surface area contributed by atoms with Crippen LogP contribution in [0.25, 0.3) is 0 Å². The first kappa shape index (κ1) is 17.3. The summed E-state index contributed by atoms with van der Waals surface area (Å²) < 4.78 is 0. The van der Waals surface area contributed by atoms with Crippen LogP contribution in [0.4, 0.5) is 5.69 Å². The van der Waals surface area contributed by atoms with Crippen molar-refractivity contribution in [1.82, 2.24) is 9.80 Å². The lowest BCUT2D eigenvalue weighted by Gasteiger charge is -2.40. The van der Waals surface area contributed by atoms with Crippen molar-refractivity contribution < 1.29 is 4.79 Å². The van der Waals surface area contributed by atoms with Crippen molar-refractivity contribution in [3.63, 3.8) is 0 Å². The smallest absolute Gasteiger partial charge is 0.254 e. The van der Waals surface area contributed by atoms with Crippen LogP contribution in [0.2, 0.25) is 0 Å². The highest BCUT2D eigenvalue weighted by Gasteiger charge is 2.30. The monoisotopic (exact) mass is 331 g/mol. The number of anilines is 1. The molecule has 1 amide bonds. The van der Waals surface area contributed by atoms with Crippen molar-refractivity contribution in [1.29, 1.82) is 0 Å². The fourth-order valence-corrected chi connectivity index (χ4v) is 2.91. The summed E-state index contributed by atoms with van der Waals surface area (Å²) in [6.07, 6.45) is 0. The highest BCUT2D eigenvalue weighted by atomic mass is 35.5. The first-order valence-corrected chi connectivity index (χ1v) is 7.55. The third kappa shape index (κ3) is 3.84. The van der Waals surface area contributed by atoms with E-state index < -0.39 is 0 Å². The Morgan fingerprint density at radius 2 is 1.70 bits per heavy atom. The topological polar surface area (TPSA) is 49.6 Å². The Bertz CT molecular complexity index is 645. The van der Waals surface area contributed by atoms with E-state index in [9.17, 15) is 4.79 Å². The van der Waals surface area contributed by atoms with Crippen molar-refractivity contribution in [3.05, 3.63) is 65.7 Å². The summed E-state index contributed by atoms with van der Waals surface area (Å²) in [5.74, 6) is 0.0713. The lowest BCUT2D eigenvalue weighted by Crippen LogP contribution is -2.49. The van der Waals surface area contributed by atoms with Crippen molar-refractivity contribution >= 4 is 24.0 Å². The predicted molar refractivity (Wildman–Crippen MR) is 95.8 cm³/mol. The minimum atomic E-state index is 0. The maximum Gasteiger partial charge on any atom is 0.254 e. The molecule has 0 spiro atoms. The number of carbonyl (C=O) groups is 1. The summed E-state index contributed by atoms with van der Waals surface area (Å²) in [6, 6.07) is 17.5. The van der Waals surface area contributed by atoms with E-state index in [1.54, 1.807) is 24.3 Å². The van der Waals surface area contributed by atoms with Gasteiger partial charge in [-0.25, -0.2) is 0 Å². The summed E-state index contributed by atoms with van der Waals surface area (Å²) in [5, 5.41) is 0. The number of hydrogen-bond donors (Lipinski definition) is 1. The zero-order valence-corrected chi connectivity index (χ0v) is 14.0. The molecule has 2 aromatic rings. The summed E-state index contributed by atoms with van der Waals surface area (Å²) in [4.78, 5) is 17.1. The maximum absolute atomic E-state index is 12.9. The molecule has 1 fully saturated rings. The molecule has 0 aliphatic carbocycles. The lowest BCUT2D eigenvalue weighted by molar-refractivity contribution is 0.0498. The zero-order chi connectivity index (χ0) is 15.5. The molecule has 1 unspecified atom stereocenters. The van der Waals surface area contributed by atoms with Gasteiger partial charge in [-0.15, -0.1) is 12.4 Å². The molecule has 1 saturated heterocycles. The van der Waals surface area contributed by atoms with E-state index in [4.69, 9.17) is 5.73 Å². The largest absolute Gasteiger partial charge is 0.399 e. The van der Waals surface area contributed by atoms with Gasteiger partial charge in [0.25, 0.3) is 5.91 Å². The van der Waals surface area contributed by atoms with Gasteiger partial charge in [-0.1, -0.05) is 30.3 Å². The molecule has 0 aromatic heterocycles. The van der Waals surface area contributed by atoms with Crippen LogP contribution in [-0.2, 0) is 0 Å². The quantitative estimate of drug-likeness (QED) is 0.861. The van der Waals surface area contributed by atoms with Crippen LogP contribution < -0.4 is 5.73 Å². The zero-order valence-electron chi connectivity index (χ0n) is 13.2. The van der Waals surface area contributed by atoms with Crippen molar-refractivity contribution in [2.75, 3.05) is 32.4 Å². The Morgan fingerprint density at radius 1 is 1.04 bits per heavy atom. The Morgan fingerprint density at radius 3 is 2.35 bits per heavy atom. The van der Waals surface area contributed by atoms with Gasteiger partial charge < -0.3 is 15.5 Å². The second kappa shape index (κ2) is 7.49. The van der Waals surface area contributed by atoms with Crippen LogP contribution in [-0.4, -0.2) is 42.4 Å². The standard InChI is InChI=1S/C18H21N3O.ClH/c1-20-11-12-21(17(13-20)14-5-3-2-4-6-14)18(22)15-7-9-16(19)10-8-15;/h2-10,17H,11-13,19H2,1H3;1H. The minimum Gasteiger partial charge on any atom is -0.399 e. The summed E-state index contributed by atoms with van der Waals surface area (Å²) in [7, 11) is 2.10. The Labute approximate surface area is 143 Å². The van der Waals surface area contributed by atoms with E-state index in [1.165, 1.54) is 5.56 Å². The Balaban J connectivity index is 0.00000192. The number of piperazine rings is 1. The van der Waals surface area contributed by atoms with Crippen LogP contribution in [0, 0.1) is 0 Å². The molecule has 3 rings (SSSR count). The lowest BCUT2D eigenvalue weighted by atomic mass is 10.0. The number of benzene rings is 2. The van der Waals surface area contributed by atoms with E-state index in [2.05, 4.69) is 24.1 Å². The van der Waals surface area contributed by atoms with Gasteiger partial charge in [0.15, 0.2) is 0 Å². The maximum atomic E-state index is 12.9. The normalized spacial score (nSPS) is 18.3. The van der Waals surface area contributed by atoms with E-state index >= 15 is 0 Å². The molecule has 2 N–H and O–H groups in total. The number of likely N-dealkylation sites (N-methyl/N-ethyl adjacent to an activating group) is 1. The summed E-state index contributed by atoms with van der Waals surface area (Å²) in [5.41, 5.74) is 8.26. The molecule has 1 aliphatic heterocycles. The molecule has 1 atom stereocenters. The number of halogens is 1. The molecule has 23 heavy (non-hydrogen) atoms. The van der Waals surface area contributed by atoms with Gasteiger partial charge in [0, 0.05) is 30.9 Å². The van der Waals surface area contributed by atoms with Crippen molar-refractivity contribution in [2.45, 2.75) is 6.04 Å². The van der Waals surface area contributed by atoms with Crippen LogP contribution in [0.5, 0.6) is 0 Å². The average Bonchev–Trinajstić information content (AvgIpc) is 2.56.